The molecule has 0 radical (unpaired) electrons. The highest BCUT2D eigenvalue weighted by molar-refractivity contribution is 5.90. The van der Waals surface area contributed by atoms with E-state index in [0.717, 1.165) is 12.1 Å². The van der Waals surface area contributed by atoms with Gasteiger partial charge in [-0.25, -0.2) is 9.48 Å². The first-order valence-corrected chi connectivity index (χ1v) is 6.66. The first kappa shape index (κ1) is 16.1. The summed E-state index contributed by atoms with van der Waals surface area (Å²) in [4.78, 5) is 12.0. The molecule has 0 N–H and O–H groups in total. The fourth-order valence-electron chi connectivity index (χ4n) is 2.02. The number of nitrogens with zero attached hydrogens (tertiary/aromatic N) is 2. The second kappa shape index (κ2) is 5.82. The van der Waals surface area contributed by atoms with Crippen molar-refractivity contribution in [2.45, 2.75) is 26.9 Å². The molecule has 7 heteroatoms. The third-order valence-corrected chi connectivity index (χ3v) is 3.27. The molecule has 0 fully saturated rings. The monoisotopic (exact) mass is 312 g/mol. The van der Waals surface area contributed by atoms with Gasteiger partial charge in [0.25, 0.3) is 0 Å². The fourth-order valence-corrected chi connectivity index (χ4v) is 2.02. The summed E-state index contributed by atoms with van der Waals surface area (Å²) in [7, 11) is 0. The zero-order valence-corrected chi connectivity index (χ0v) is 12.4. The van der Waals surface area contributed by atoms with Gasteiger partial charge in [0, 0.05) is 5.56 Å². The Balaban J connectivity index is 2.49. The molecule has 0 saturated carbocycles. The van der Waals surface area contributed by atoms with Crippen molar-refractivity contribution in [2.24, 2.45) is 0 Å². The van der Waals surface area contributed by atoms with Crippen LogP contribution in [-0.2, 0) is 10.9 Å². The van der Waals surface area contributed by atoms with E-state index in [1.165, 1.54) is 16.8 Å². The lowest BCUT2D eigenvalue weighted by Gasteiger charge is -2.10. The number of hydrogen-bond acceptors (Lipinski definition) is 3. The van der Waals surface area contributed by atoms with Gasteiger partial charge in [-0.15, -0.1) is 0 Å². The van der Waals surface area contributed by atoms with Crippen molar-refractivity contribution in [3.05, 3.63) is 46.8 Å². The molecular formula is C15H15F3N2O2. The minimum absolute atomic E-state index is 0.204. The lowest BCUT2D eigenvalue weighted by molar-refractivity contribution is -0.137. The van der Waals surface area contributed by atoms with E-state index in [1.807, 2.05) is 0 Å². The van der Waals surface area contributed by atoms with Gasteiger partial charge < -0.3 is 4.74 Å². The molecule has 0 aliphatic rings. The molecule has 2 rings (SSSR count). The lowest BCUT2D eigenvalue weighted by atomic mass is 10.2. The Kier molecular flexibility index (Phi) is 4.25. The summed E-state index contributed by atoms with van der Waals surface area (Å²) in [6, 6.07) is 4.46. The smallest absolute Gasteiger partial charge is 0.416 e. The molecule has 4 nitrogen and oxygen atoms in total. The number of halogens is 3. The second-order valence-corrected chi connectivity index (χ2v) is 4.74. The summed E-state index contributed by atoms with van der Waals surface area (Å²) in [5, 5.41) is 4.21. The Morgan fingerprint density at radius 1 is 1.23 bits per heavy atom. The molecule has 0 aliphatic carbocycles. The summed E-state index contributed by atoms with van der Waals surface area (Å²) >= 11 is 0. The van der Waals surface area contributed by atoms with Crippen LogP contribution in [0.2, 0.25) is 0 Å². The Morgan fingerprint density at radius 2 is 1.82 bits per heavy atom. The number of alkyl halides is 3. The van der Waals surface area contributed by atoms with Crippen LogP contribution in [0.1, 0.15) is 34.2 Å². The highest BCUT2D eigenvalue weighted by atomic mass is 19.4. The number of hydrogen-bond donors (Lipinski definition) is 0. The lowest BCUT2D eigenvalue weighted by Crippen LogP contribution is -2.13. The van der Waals surface area contributed by atoms with Gasteiger partial charge in [0.05, 0.1) is 23.6 Å². The van der Waals surface area contributed by atoms with E-state index in [0.29, 0.717) is 16.9 Å². The molecule has 0 amide bonds. The van der Waals surface area contributed by atoms with Crippen LogP contribution in [0.15, 0.2) is 24.3 Å². The van der Waals surface area contributed by atoms with E-state index >= 15 is 0 Å². The quantitative estimate of drug-likeness (QED) is 0.812. The van der Waals surface area contributed by atoms with Crippen molar-refractivity contribution in [1.82, 2.24) is 9.78 Å². The maximum absolute atomic E-state index is 12.6. The van der Waals surface area contributed by atoms with Gasteiger partial charge in [0.1, 0.15) is 0 Å². The Morgan fingerprint density at radius 3 is 2.32 bits per heavy atom. The Hall–Kier alpha value is -2.31. The Labute approximate surface area is 125 Å². The van der Waals surface area contributed by atoms with E-state index in [1.54, 1.807) is 20.8 Å². The predicted octanol–water partition coefficient (Wildman–Crippen LogP) is 3.68. The van der Waals surface area contributed by atoms with Gasteiger partial charge in [-0.3, -0.25) is 0 Å². The van der Waals surface area contributed by atoms with Crippen molar-refractivity contribution in [1.29, 1.82) is 0 Å². The van der Waals surface area contributed by atoms with Gasteiger partial charge >= 0.3 is 12.1 Å². The second-order valence-electron chi connectivity index (χ2n) is 4.74. The van der Waals surface area contributed by atoms with Crippen molar-refractivity contribution in [2.75, 3.05) is 6.61 Å². The first-order chi connectivity index (χ1) is 10.3. The highest BCUT2D eigenvalue weighted by Crippen LogP contribution is 2.30. The largest absolute Gasteiger partial charge is 0.461 e. The van der Waals surface area contributed by atoms with Crippen LogP contribution in [0.5, 0.6) is 0 Å². The highest BCUT2D eigenvalue weighted by Gasteiger charge is 2.30. The molecule has 0 bridgehead atoms. The molecule has 1 aromatic heterocycles. The van der Waals surface area contributed by atoms with Gasteiger partial charge in [-0.1, -0.05) is 0 Å². The topological polar surface area (TPSA) is 44.1 Å². The molecule has 0 unspecified atom stereocenters. The van der Waals surface area contributed by atoms with Crippen LogP contribution < -0.4 is 0 Å². The maximum atomic E-state index is 12.6. The van der Waals surface area contributed by atoms with Gasteiger partial charge in [0.2, 0.25) is 0 Å². The van der Waals surface area contributed by atoms with Crippen LogP contribution in [0.4, 0.5) is 13.2 Å². The number of rotatable bonds is 3. The molecule has 2 aromatic rings. The van der Waals surface area contributed by atoms with E-state index in [9.17, 15) is 18.0 Å². The average Bonchev–Trinajstić information content (AvgIpc) is 2.74. The summed E-state index contributed by atoms with van der Waals surface area (Å²) in [6.45, 7) is 5.32. The molecule has 0 aliphatic heterocycles. The van der Waals surface area contributed by atoms with Crippen molar-refractivity contribution >= 4 is 5.97 Å². The third kappa shape index (κ3) is 2.98. The molecule has 1 aromatic carbocycles. The molecule has 1 heterocycles. The zero-order valence-electron chi connectivity index (χ0n) is 12.4. The molecule has 0 saturated heterocycles. The molecular weight excluding hydrogens is 297 g/mol. The first-order valence-electron chi connectivity index (χ1n) is 6.66. The minimum atomic E-state index is -4.40. The van der Waals surface area contributed by atoms with Gasteiger partial charge in [-0.05, 0) is 45.0 Å². The summed E-state index contributed by atoms with van der Waals surface area (Å²) in [6.07, 6.45) is -4.40. The molecule has 0 spiro atoms. The summed E-state index contributed by atoms with van der Waals surface area (Å²) in [5.41, 5.74) is 1.09. The van der Waals surface area contributed by atoms with Crippen LogP contribution in [0.25, 0.3) is 5.69 Å². The summed E-state index contributed by atoms with van der Waals surface area (Å²) in [5.74, 6) is -0.555. The van der Waals surface area contributed by atoms with Crippen LogP contribution in [-0.4, -0.2) is 22.4 Å². The number of aryl methyl sites for hydroxylation is 1. The number of carbonyl (C=O) groups is 1. The summed E-state index contributed by atoms with van der Waals surface area (Å²) < 4.78 is 44.1. The fraction of sp³-hybridized carbons (Fsp3) is 0.333. The molecule has 0 atom stereocenters. The van der Waals surface area contributed by atoms with E-state index < -0.39 is 17.7 Å². The van der Waals surface area contributed by atoms with E-state index in [-0.39, 0.29) is 12.3 Å². The number of aromatic nitrogens is 2. The standard InChI is InChI=1S/C15H15F3N2O2/c1-4-22-14(21)13-9(2)10(3)19-20(13)12-7-5-11(6-8-12)15(16,17)18/h5-8H,4H2,1-3H3. The third-order valence-electron chi connectivity index (χ3n) is 3.27. The predicted molar refractivity (Wildman–Crippen MR) is 74.0 cm³/mol. The van der Waals surface area contributed by atoms with Crippen LogP contribution >= 0.6 is 0 Å². The van der Waals surface area contributed by atoms with Crippen molar-refractivity contribution < 1.29 is 22.7 Å². The normalized spacial score (nSPS) is 11.5. The van der Waals surface area contributed by atoms with Crippen molar-refractivity contribution in [3.8, 4) is 5.69 Å². The van der Waals surface area contributed by atoms with Crippen LogP contribution in [0.3, 0.4) is 0 Å². The van der Waals surface area contributed by atoms with Gasteiger partial charge in [-0.2, -0.15) is 18.3 Å². The van der Waals surface area contributed by atoms with Crippen LogP contribution in [0, 0.1) is 13.8 Å². The number of ether oxygens (including phenoxy) is 1. The molecule has 22 heavy (non-hydrogen) atoms. The van der Waals surface area contributed by atoms with Crippen molar-refractivity contribution in [3.63, 3.8) is 0 Å². The van der Waals surface area contributed by atoms with E-state index in [2.05, 4.69) is 5.10 Å². The maximum Gasteiger partial charge on any atom is 0.416 e. The minimum Gasteiger partial charge on any atom is -0.461 e. The number of carbonyl (C=O) groups excluding carboxylic acids is 1. The average molecular weight is 312 g/mol. The van der Waals surface area contributed by atoms with E-state index in [4.69, 9.17) is 4.74 Å². The zero-order chi connectivity index (χ0) is 16.5. The number of esters is 1. The van der Waals surface area contributed by atoms with Gasteiger partial charge in [0.15, 0.2) is 5.69 Å². The SMILES string of the molecule is CCOC(=O)c1c(C)c(C)nn1-c1ccc(C(F)(F)F)cc1. The Bertz CT molecular complexity index is 688. The molecule has 118 valence electrons. The number of benzene rings is 1.